The largest absolute Gasteiger partial charge is 0.469 e. The van der Waals surface area contributed by atoms with Gasteiger partial charge in [0.15, 0.2) is 0 Å². The lowest BCUT2D eigenvalue weighted by Gasteiger charge is -2.08. The zero-order chi connectivity index (χ0) is 12.0. The highest BCUT2D eigenvalue weighted by Gasteiger charge is 2.10. The number of aliphatic hydroxyl groups is 1. The fourth-order valence-electron chi connectivity index (χ4n) is 1.46. The number of carbonyl (C=O) groups is 1. The molecule has 0 saturated heterocycles. The van der Waals surface area contributed by atoms with Gasteiger partial charge in [0.1, 0.15) is 5.76 Å². The molecule has 1 rings (SSSR count). The molecule has 1 amide bonds. The van der Waals surface area contributed by atoms with Crippen LogP contribution < -0.4 is 5.32 Å². The van der Waals surface area contributed by atoms with Crippen molar-refractivity contribution in [3.63, 3.8) is 0 Å². The topological polar surface area (TPSA) is 62.5 Å². The molecule has 90 valence electrons. The van der Waals surface area contributed by atoms with Crippen LogP contribution in [0.25, 0.3) is 0 Å². The third-order valence-electron chi connectivity index (χ3n) is 2.57. The van der Waals surface area contributed by atoms with Crippen LogP contribution in [0.15, 0.2) is 16.7 Å². The molecule has 16 heavy (non-hydrogen) atoms. The Labute approximate surface area is 95.7 Å². The number of hydrogen-bond donors (Lipinski definition) is 2. The maximum absolute atomic E-state index is 11.6. The van der Waals surface area contributed by atoms with Crippen LogP contribution in [0.2, 0.25) is 0 Å². The molecular weight excluding hydrogens is 206 g/mol. The van der Waals surface area contributed by atoms with Gasteiger partial charge in [-0.2, -0.15) is 0 Å². The predicted octanol–water partition coefficient (Wildman–Crippen LogP) is 1.73. The van der Waals surface area contributed by atoms with Crippen molar-refractivity contribution in [2.75, 3.05) is 13.2 Å². The number of aliphatic hydroxyl groups excluding tert-OH is 1. The summed E-state index contributed by atoms with van der Waals surface area (Å²) < 4.78 is 5.05. The number of aryl methyl sites for hydroxylation is 1. The summed E-state index contributed by atoms with van der Waals surface area (Å²) >= 11 is 0. The number of furan rings is 1. The summed E-state index contributed by atoms with van der Waals surface area (Å²) in [6.45, 7) is 4.59. The second-order valence-electron chi connectivity index (χ2n) is 4.08. The first-order chi connectivity index (χ1) is 7.65. The van der Waals surface area contributed by atoms with E-state index in [2.05, 4.69) is 5.32 Å². The summed E-state index contributed by atoms with van der Waals surface area (Å²) in [6, 6.07) is 1.67. The standard InChI is InChI=1S/C12H19NO3/c1-9(8-14)4-3-6-13-12(15)11-5-7-16-10(11)2/h5,7,9,14H,3-4,6,8H2,1-2H3,(H,13,15). The van der Waals surface area contributed by atoms with Crippen LogP contribution in [0, 0.1) is 12.8 Å². The molecule has 0 radical (unpaired) electrons. The quantitative estimate of drug-likeness (QED) is 0.725. The minimum Gasteiger partial charge on any atom is -0.469 e. The normalized spacial score (nSPS) is 12.4. The second-order valence-corrected chi connectivity index (χ2v) is 4.08. The Hall–Kier alpha value is -1.29. The Balaban J connectivity index is 2.24. The number of rotatable bonds is 6. The van der Waals surface area contributed by atoms with E-state index in [0.29, 0.717) is 23.8 Å². The maximum Gasteiger partial charge on any atom is 0.254 e. The Kier molecular flexibility index (Phi) is 5.05. The number of carbonyl (C=O) groups excluding carboxylic acids is 1. The first kappa shape index (κ1) is 12.8. The SMILES string of the molecule is Cc1occc1C(=O)NCCCC(C)CO. The van der Waals surface area contributed by atoms with E-state index in [1.165, 1.54) is 6.26 Å². The highest BCUT2D eigenvalue weighted by atomic mass is 16.3. The van der Waals surface area contributed by atoms with Gasteiger partial charge in [-0.3, -0.25) is 4.79 Å². The van der Waals surface area contributed by atoms with Crippen molar-refractivity contribution in [2.45, 2.75) is 26.7 Å². The van der Waals surface area contributed by atoms with Gasteiger partial charge in [-0.05, 0) is 31.7 Å². The van der Waals surface area contributed by atoms with Crippen LogP contribution in [0.4, 0.5) is 0 Å². The van der Waals surface area contributed by atoms with Crippen LogP contribution >= 0.6 is 0 Å². The first-order valence-electron chi connectivity index (χ1n) is 5.58. The predicted molar refractivity (Wildman–Crippen MR) is 61.3 cm³/mol. The van der Waals surface area contributed by atoms with Crippen molar-refractivity contribution >= 4 is 5.91 Å². The fraction of sp³-hybridized carbons (Fsp3) is 0.583. The summed E-state index contributed by atoms with van der Waals surface area (Å²) in [5.74, 6) is 0.844. The highest BCUT2D eigenvalue weighted by Crippen LogP contribution is 2.08. The molecule has 1 unspecified atom stereocenters. The minimum atomic E-state index is -0.0945. The molecule has 0 aliphatic heterocycles. The number of hydrogen-bond acceptors (Lipinski definition) is 3. The molecule has 0 spiro atoms. The van der Waals surface area contributed by atoms with Crippen LogP contribution in [-0.2, 0) is 0 Å². The summed E-state index contributed by atoms with van der Waals surface area (Å²) in [7, 11) is 0. The molecule has 0 aliphatic rings. The fourth-order valence-corrected chi connectivity index (χ4v) is 1.46. The Morgan fingerprint density at radius 1 is 1.62 bits per heavy atom. The van der Waals surface area contributed by atoms with Gasteiger partial charge in [0, 0.05) is 13.2 Å². The molecule has 1 heterocycles. The van der Waals surface area contributed by atoms with Gasteiger partial charge in [-0.1, -0.05) is 6.92 Å². The lowest BCUT2D eigenvalue weighted by atomic mass is 10.1. The van der Waals surface area contributed by atoms with Gasteiger partial charge in [0.05, 0.1) is 11.8 Å². The lowest BCUT2D eigenvalue weighted by Crippen LogP contribution is -2.25. The molecule has 0 aliphatic carbocycles. The molecule has 1 aromatic rings. The Morgan fingerprint density at radius 2 is 2.38 bits per heavy atom. The van der Waals surface area contributed by atoms with E-state index >= 15 is 0 Å². The third kappa shape index (κ3) is 3.70. The van der Waals surface area contributed by atoms with E-state index in [4.69, 9.17) is 9.52 Å². The van der Waals surface area contributed by atoms with Crippen molar-refractivity contribution in [1.82, 2.24) is 5.32 Å². The first-order valence-corrected chi connectivity index (χ1v) is 5.58. The van der Waals surface area contributed by atoms with E-state index in [0.717, 1.165) is 12.8 Å². The van der Waals surface area contributed by atoms with Crippen LogP contribution in [0.3, 0.4) is 0 Å². The molecule has 0 saturated carbocycles. The molecule has 4 heteroatoms. The van der Waals surface area contributed by atoms with E-state index < -0.39 is 0 Å². The maximum atomic E-state index is 11.6. The van der Waals surface area contributed by atoms with Crippen molar-refractivity contribution in [2.24, 2.45) is 5.92 Å². The van der Waals surface area contributed by atoms with E-state index in [-0.39, 0.29) is 12.5 Å². The molecule has 1 aromatic heterocycles. The van der Waals surface area contributed by atoms with Gasteiger partial charge >= 0.3 is 0 Å². The number of nitrogens with one attached hydrogen (secondary N) is 1. The van der Waals surface area contributed by atoms with Crippen molar-refractivity contribution < 1.29 is 14.3 Å². The molecule has 0 fully saturated rings. The molecule has 0 aromatic carbocycles. The van der Waals surface area contributed by atoms with Gasteiger partial charge < -0.3 is 14.8 Å². The van der Waals surface area contributed by atoms with Crippen molar-refractivity contribution in [3.05, 3.63) is 23.7 Å². The Morgan fingerprint density at radius 3 is 2.94 bits per heavy atom. The molecular formula is C12H19NO3. The minimum absolute atomic E-state index is 0.0945. The average Bonchev–Trinajstić information content (AvgIpc) is 2.70. The summed E-state index contributed by atoms with van der Waals surface area (Å²) in [6.07, 6.45) is 3.31. The summed E-state index contributed by atoms with van der Waals surface area (Å²) in [5.41, 5.74) is 0.593. The molecule has 4 nitrogen and oxygen atoms in total. The highest BCUT2D eigenvalue weighted by molar-refractivity contribution is 5.94. The smallest absolute Gasteiger partial charge is 0.254 e. The zero-order valence-electron chi connectivity index (χ0n) is 9.82. The summed E-state index contributed by atoms with van der Waals surface area (Å²) in [5, 5.41) is 11.7. The van der Waals surface area contributed by atoms with Gasteiger partial charge in [-0.15, -0.1) is 0 Å². The van der Waals surface area contributed by atoms with Crippen LogP contribution in [0.1, 0.15) is 35.9 Å². The van der Waals surface area contributed by atoms with Gasteiger partial charge in [-0.25, -0.2) is 0 Å². The van der Waals surface area contributed by atoms with Crippen molar-refractivity contribution in [3.8, 4) is 0 Å². The van der Waals surface area contributed by atoms with Gasteiger partial charge in [0.2, 0.25) is 0 Å². The molecule has 1 atom stereocenters. The Bertz CT molecular complexity index is 333. The zero-order valence-corrected chi connectivity index (χ0v) is 9.82. The van der Waals surface area contributed by atoms with E-state index in [1.807, 2.05) is 6.92 Å². The summed E-state index contributed by atoms with van der Waals surface area (Å²) in [4.78, 5) is 11.6. The molecule has 2 N–H and O–H groups in total. The number of amides is 1. The monoisotopic (exact) mass is 225 g/mol. The third-order valence-corrected chi connectivity index (χ3v) is 2.57. The van der Waals surface area contributed by atoms with Crippen LogP contribution in [-0.4, -0.2) is 24.2 Å². The average molecular weight is 225 g/mol. The lowest BCUT2D eigenvalue weighted by molar-refractivity contribution is 0.0950. The molecule has 0 bridgehead atoms. The van der Waals surface area contributed by atoms with Crippen molar-refractivity contribution in [1.29, 1.82) is 0 Å². The van der Waals surface area contributed by atoms with E-state index in [1.54, 1.807) is 13.0 Å². The van der Waals surface area contributed by atoms with Gasteiger partial charge in [0.25, 0.3) is 5.91 Å². The van der Waals surface area contributed by atoms with Crippen LogP contribution in [0.5, 0.6) is 0 Å². The second kappa shape index (κ2) is 6.33. The van der Waals surface area contributed by atoms with E-state index in [9.17, 15) is 4.79 Å².